The SMILES string of the molecule is COc1cccc2c1CCC2NC(=O)[C@@H](N)CC(C)C.Cl. The summed E-state index contributed by atoms with van der Waals surface area (Å²) >= 11 is 0. The molecule has 1 aliphatic rings. The minimum absolute atomic E-state index is 0. The molecule has 118 valence electrons. The van der Waals surface area contributed by atoms with Gasteiger partial charge in [-0.15, -0.1) is 12.4 Å². The van der Waals surface area contributed by atoms with Crippen LogP contribution in [0.3, 0.4) is 0 Å². The maximum Gasteiger partial charge on any atom is 0.237 e. The number of benzene rings is 1. The van der Waals surface area contributed by atoms with E-state index < -0.39 is 6.04 Å². The smallest absolute Gasteiger partial charge is 0.237 e. The molecule has 1 unspecified atom stereocenters. The molecule has 4 nitrogen and oxygen atoms in total. The van der Waals surface area contributed by atoms with Crippen molar-refractivity contribution in [3.63, 3.8) is 0 Å². The van der Waals surface area contributed by atoms with E-state index in [1.54, 1.807) is 7.11 Å². The molecule has 2 rings (SSSR count). The summed E-state index contributed by atoms with van der Waals surface area (Å²) in [7, 11) is 1.68. The Bertz CT molecular complexity index is 491. The summed E-state index contributed by atoms with van der Waals surface area (Å²) in [6, 6.07) is 5.63. The number of ether oxygens (including phenoxy) is 1. The Morgan fingerprint density at radius 1 is 1.48 bits per heavy atom. The zero-order chi connectivity index (χ0) is 14.7. The topological polar surface area (TPSA) is 64.3 Å². The second-order valence-electron chi connectivity index (χ2n) is 5.86. The lowest BCUT2D eigenvalue weighted by atomic mass is 10.0. The fourth-order valence-electron chi connectivity index (χ4n) is 2.86. The highest BCUT2D eigenvalue weighted by atomic mass is 35.5. The van der Waals surface area contributed by atoms with Gasteiger partial charge < -0.3 is 15.8 Å². The summed E-state index contributed by atoms with van der Waals surface area (Å²) < 4.78 is 5.37. The highest BCUT2D eigenvalue weighted by Crippen LogP contribution is 2.36. The Hall–Kier alpha value is -1.26. The molecular weight excluding hydrogens is 288 g/mol. The quantitative estimate of drug-likeness (QED) is 0.878. The molecule has 0 saturated carbocycles. The zero-order valence-corrected chi connectivity index (χ0v) is 13.7. The molecule has 0 bridgehead atoms. The molecule has 2 atom stereocenters. The molecule has 1 aromatic carbocycles. The van der Waals surface area contributed by atoms with Gasteiger partial charge in [0.1, 0.15) is 5.75 Å². The van der Waals surface area contributed by atoms with Gasteiger partial charge in [-0.3, -0.25) is 4.79 Å². The maximum atomic E-state index is 12.1. The van der Waals surface area contributed by atoms with Crippen LogP contribution in [0, 0.1) is 5.92 Å². The van der Waals surface area contributed by atoms with E-state index in [2.05, 4.69) is 25.2 Å². The Kier molecular flexibility index (Phi) is 6.49. The van der Waals surface area contributed by atoms with Gasteiger partial charge in [0.15, 0.2) is 0 Å². The van der Waals surface area contributed by atoms with E-state index >= 15 is 0 Å². The highest BCUT2D eigenvalue weighted by molar-refractivity contribution is 5.85. The standard InChI is InChI=1S/C16H24N2O2.ClH/c1-10(2)9-13(17)16(19)18-14-8-7-12-11(14)5-4-6-15(12)20-3;/h4-6,10,13-14H,7-9,17H2,1-3H3,(H,18,19);1H/t13-,14?;/m0./s1. The van der Waals surface area contributed by atoms with Crippen molar-refractivity contribution in [3.05, 3.63) is 29.3 Å². The number of fused-ring (bicyclic) bond motifs is 1. The van der Waals surface area contributed by atoms with Gasteiger partial charge in [-0.25, -0.2) is 0 Å². The van der Waals surface area contributed by atoms with Gasteiger partial charge in [-0.05, 0) is 42.4 Å². The zero-order valence-electron chi connectivity index (χ0n) is 12.9. The first kappa shape index (κ1) is 17.8. The molecule has 0 spiro atoms. The average molecular weight is 313 g/mol. The van der Waals surface area contributed by atoms with E-state index in [9.17, 15) is 4.79 Å². The van der Waals surface area contributed by atoms with Crippen molar-refractivity contribution in [2.24, 2.45) is 11.7 Å². The molecule has 5 heteroatoms. The van der Waals surface area contributed by atoms with E-state index in [-0.39, 0.29) is 24.4 Å². The van der Waals surface area contributed by atoms with Crippen molar-refractivity contribution in [2.45, 2.75) is 45.2 Å². The van der Waals surface area contributed by atoms with E-state index in [1.165, 1.54) is 5.56 Å². The lowest BCUT2D eigenvalue weighted by Gasteiger charge is -2.19. The van der Waals surface area contributed by atoms with Crippen molar-refractivity contribution in [3.8, 4) is 5.75 Å². The molecule has 0 aliphatic heterocycles. The van der Waals surface area contributed by atoms with Crippen LogP contribution in [0.2, 0.25) is 0 Å². The van der Waals surface area contributed by atoms with Crippen LogP contribution in [0.4, 0.5) is 0 Å². The number of carbonyl (C=O) groups is 1. The molecule has 0 saturated heterocycles. The van der Waals surface area contributed by atoms with Gasteiger partial charge in [-0.1, -0.05) is 26.0 Å². The normalized spacial score (nSPS) is 17.9. The molecule has 0 fully saturated rings. The van der Waals surface area contributed by atoms with Crippen LogP contribution in [0.25, 0.3) is 0 Å². The molecule has 0 aromatic heterocycles. The molecule has 0 heterocycles. The molecule has 0 radical (unpaired) electrons. The predicted octanol–water partition coefficient (Wildman–Crippen LogP) is 2.59. The molecular formula is C16H25ClN2O2. The second-order valence-corrected chi connectivity index (χ2v) is 5.86. The summed E-state index contributed by atoms with van der Waals surface area (Å²) in [6.07, 6.45) is 2.56. The Labute approximate surface area is 132 Å². The first-order valence-corrected chi connectivity index (χ1v) is 7.24. The number of methoxy groups -OCH3 is 1. The molecule has 1 amide bonds. The van der Waals surface area contributed by atoms with Gasteiger partial charge in [0.25, 0.3) is 0 Å². The van der Waals surface area contributed by atoms with E-state index in [4.69, 9.17) is 10.5 Å². The Balaban J connectivity index is 0.00000220. The maximum absolute atomic E-state index is 12.1. The number of halogens is 1. The van der Waals surface area contributed by atoms with Crippen LogP contribution in [-0.4, -0.2) is 19.1 Å². The van der Waals surface area contributed by atoms with Crippen molar-refractivity contribution >= 4 is 18.3 Å². The molecule has 1 aromatic rings. The van der Waals surface area contributed by atoms with E-state index in [0.29, 0.717) is 12.3 Å². The minimum atomic E-state index is -0.426. The van der Waals surface area contributed by atoms with Crippen molar-refractivity contribution < 1.29 is 9.53 Å². The summed E-state index contributed by atoms with van der Waals surface area (Å²) in [5, 5.41) is 3.07. The monoisotopic (exact) mass is 312 g/mol. The van der Waals surface area contributed by atoms with Crippen LogP contribution in [0.15, 0.2) is 18.2 Å². The van der Waals surface area contributed by atoms with Crippen molar-refractivity contribution in [1.29, 1.82) is 0 Å². The predicted molar refractivity (Wildman–Crippen MR) is 86.9 cm³/mol. The van der Waals surface area contributed by atoms with E-state index in [1.807, 2.05) is 12.1 Å². The largest absolute Gasteiger partial charge is 0.496 e. The Morgan fingerprint density at radius 2 is 2.19 bits per heavy atom. The number of amides is 1. The number of carbonyl (C=O) groups excluding carboxylic acids is 1. The highest BCUT2D eigenvalue weighted by Gasteiger charge is 2.27. The van der Waals surface area contributed by atoms with Crippen molar-refractivity contribution in [2.75, 3.05) is 7.11 Å². The fraction of sp³-hybridized carbons (Fsp3) is 0.562. The third-order valence-corrected chi connectivity index (χ3v) is 3.83. The number of hydrogen-bond acceptors (Lipinski definition) is 3. The lowest BCUT2D eigenvalue weighted by molar-refractivity contribution is -0.123. The molecule has 1 aliphatic carbocycles. The third-order valence-electron chi connectivity index (χ3n) is 3.83. The minimum Gasteiger partial charge on any atom is -0.496 e. The van der Waals surface area contributed by atoms with Gasteiger partial charge >= 0.3 is 0 Å². The first-order chi connectivity index (χ1) is 9.52. The van der Waals surface area contributed by atoms with Gasteiger partial charge in [0, 0.05) is 0 Å². The van der Waals surface area contributed by atoms with Gasteiger partial charge in [-0.2, -0.15) is 0 Å². The van der Waals surface area contributed by atoms with Crippen molar-refractivity contribution in [1.82, 2.24) is 5.32 Å². The van der Waals surface area contributed by atoms with Crippen LogP contribution < -0.4 is 15.8 Å². The number of nitrogens with two attached hydrogens (primary N) is 1. The van der Waals surface area contributed by atoms with E-state index in [0.717, 1.165) is 24.2 Å². The van der Waals surface area contributed by atoms with Gasteiger partial charge in [0.05, 0.1) is 19.2 Å². The molecule has 21 heavy (non-hydrogen) atoms. The number of rotatable bonds is 5. The average Bonchev–Trinajstić information content (AvgIpc) is 2.81. The third kappa shape index (κ3) is 4.11. The van der Waals surface area contributed by atoms with Crippen LogP contribution in [0.5, 0.6) is 5.75 Å². The second kappa shape index (κ2) is 7.66. The van der Waals surface area contributed by atoms with Crippen LogP contribution >= 0.6 is 12.4 Å². The number of nitrogens with one attached hydrogen (secondary N) is 1. The fourth-order valence-corrected chi connectivity index (χ4v) is 2.86. The van der Waals surface area contributed by atoms with Gasteiger partial charge in [0.2, 0.25) is 5.91 Å². The summed E-state index contributed by atoms with van der Waals surface area (Å²) in [5.41, 5.74) is 8.30. The lowest BCUT2D eigenvalue weighted by Crippen LogP contribution is -2.42. The first-order valence-electron chi connectivity index (χ1n) is 7.24. The molecule has 3 N–H and O–H groups in total. The van der Waals surface area contributed by atoms with Crippen LogP contribution in [0.1, 0.15) is 43.9 Å². The van der Waals surface area contributed by atoms with Crippen LogP contribution in [-0.2, 0) is 11.2 Å². The summed E-state index contributed by atoms with van der Waals surface area (Å²) in [6.45, 7) is 4.14. The number of hydrogen-bond donors (Lipinski definition) is 2. The summed E-state index contributed by atoms with van der Waals surface area (Å²) in [4.78, 5) is 12.1. The Morgan fingerprint density at radius 3 is 2.81 bits per heavy atom. The summed E-state index contributed by atoms with van der Waals surface area (Å²) in [5.74, 6) is 1.27.